The lowest BCUT2D eigenvalue weighted by Crippen LogP contribution is -2.48. The molecule has 0 aromatic heterocycles. The second-order valence-electron chi connectivity index (χ2n) is 11.0. The predicted octanol–water partition coefficient (Wildman–Crippen LogP) is 6.47. The first-order valence-corrected chi connectivity index (χ1v) is 15.3. The maximum Gasteiger partial charge on any atom is 0.404 e. The normalized spacial score (nSPS) is 16.6. The Morgan fingerprint density at radius 3 is 2.52 bits per heavy atom. The standard InChI is InChI=1S/C34H42ClN3O4/c1-3-24-9-5-10-27(21-24)31-29(12-6-13-30(31)35)34(42,18-8-19-37-33(40)41)28-11-7-20-38(23-28)32(39)26-16-14-25(15-17-26)22-36-4-2/h5-6,9-10,12-17,21,28,36-37,42H,3-4,7-8,11,18-20,22-23H2,1-2H3,(H,40,41)/t28-,34+/m1/s1. The Morgan fingerprint density at radius 1 is 1.05 bits per heavy atom. The van der Waals surface area contributed by atoms with Crippen LogP contribution in [0.3, 0.4) is 0 Å². The number of carboxylic acid groups (broad SMARTS) is 1. The molecule has 1 aliphatic rings. The van der Waals surface area contributed by atoms with Crippen molar-refractivity contribution in [3.05, 3.63) is 94.0 Å². The summed E-state index contributed by atoms with van der Waals surface area (Å²) in [6, 6.07) is 21.5. The molecule has 8 heteroatoms. The minimum atomic E-state index is -1.34. The monoisotopic (exact) mass is 591 g/mol. The molecule has 1 saturated heterocycles. The first-order chi connectivity index (χ1) is 20.3. The van der Waals surface area contributed by atoms with Crippen LogP contribution >= 0.6 is 11.6 Å². The molecule has 4 N–H and O–H groups in total. The number of aliphatic hydroxyl groups is 1. The fourth-order valence-corrected chi connectivity index (χ4v) is 6.29. The van der Waals surface area contributed by atoms with E-state index in [1.54, 1.807) is 0 Å². The highest BCUT2D eigenvalue weighted by molar-refractivity contribution is 6.33. The molecular formula is C34H42ClN3O4. The second kappa shape index (κ2) is 14.7. The topological polar surface area (TPSA) is 102 Å². The van der Waals surface area contributed by atoms with Crippen molar-refractivity contribution in [3.63, 3.8) is 0 Å². The first kappa shape index (κ1) is 31.5. The van der Waals surface area contributed by atoms with Crippen LogP contribution in [0.25, 0.3) is 11.1 Å². The summed E-state index contributed by atoms with van der Waals surface area (Å²) >= 11 is 6.84. The Hall–Kier alpha value is -3.39. The maximum absolute atomic E-state index is 13.6. The average Bonchev–Trinajstić information content (AvgIpc) is 3.01. The molecule has 42 heavy (non-hydrogen) atoms. The minimum Gasteiger partial charge on any atom is -0.465 e. The van der Waals surface area contributed by atoms with Gasteiger partial charge in [-0.05, 0) is 79.1 Å². The van der Waals surface area contributed by atoms with Crippen LogP contribution in [0.4, 0.5) is 4.79 Å². The van der Waals surface area contributed by atoms with Gasteiger partial charge in [-0.15, -0.1) is 0 Å². The Morgan fingerprint density at radius 2 is 1.81 bits per heavy atom. The molecule has 0 saturated carbocycles. The van der Waals surface area contributed by atoms with E-state index in [1.807, 2.05) is 59.5 Å². The Kier molecular flexibility index (Phi) is 11.0. The van der Waals surface area contributed by atoms with Gasteiger partial charge in [0, 0.05) is 48.2 Å². The fourth-order valence-electron chi connectivity index (χ4n) is 6.01. The fraction of sp³-hybridized carbons (Fsp3) is 0.412. The molecule has 224 valence electrons. The number of nitrogens with zero attached hydrogens (tertiary/aromatic N) is 1. The Bertz CT molecular complexity index is 1360. The van der Waals surface area contributed by atoms with Crippen LogP contribution in [-0.4, -0.2) is 53.3 Å². The van der Waals surface area contributed by atoms with Crippen molar-refractivity contribution < 1.29 is 19.8 Å². The van der Waals surface area contributed by atoms with Gasteiger partial charge in [-0.2, -0.15) is 0 Å². The number of halogens is 1. The lowest BCUT2D eigenvalue weighted by atomic mass is 9.72. The lowest BCUT2D eigenvalue weighted by molar-refractivity contribution is -0.0563. The summed E-state index contributed by atoms with van der Waals surface area (Å²) in [5.74, 6) is -0.314. The van der Waals surface area contributed by atoms with E-state index in [-0.39, 0.29) is 18.4 Å². The zero-order valence-corrected chi connectivity index (χ0v) is 25.3. The van der Waals surface area contributed by atoms with Gasteiger partial charge in [0.2, 0.25) is 0 Å². The quantitative estimate of drug-likeness (QED) is 0.181. The maximum atomic E-state index is 13.6. The van der Waals surface area contributed by atoms with E-state index in [1.165, 1.54) is 5.56 Å². The second-order valence-corrected chi connectivity index (χ2v) is 11.5. The highest BCUT2D eigenvalue weighted by Crippen LogP contribution is 2.45. The molecule has 0 unspecified atom stereocenters. The van der Waals surface area contributed by atoms with Crippen LogP contribution in [0.2, 0.25) is 5.02 Å². The number of aryl methyl sites for hydroxylation is 1. The van der Waals surface area contributed by atoms with Crippen LogP contribution in [0.15, 0.2) is 66.7 Å². The van der Waals surface area contributed by atoms with E-state index >= 15 is 0 Å². The number of carbonyl (C=O) groups excluding carboxylic acids is 1. The third kappa shape index (κ3) is 7.51. The molecule has 4 rings (SSSR count). The molecule has 1 aliphatic heterocycles. The molecule has 7 nitrogen and oxygen atoms in total. The summed E-state index contributed by atoms with van der Waals surface area (Å²) in [5, 5.41) is 28.1. The van der Waals surface area contributed by atoms with Crippen molar-refractivity contribution in [2.75, 3.05) is 26.2 Å². The van der Waals surface area contributed by atoms with Crippen LogP contribution < -0.4 is 10.6 Å². The summed E-state index contributed by atoms with van der Waals surface area (Å²) in [6.45, 7) is 7.01. The van der Waals surface area contributed by atoms with Gasteiger partial charge in [0.15, 0.2) is 0 Å². The van der Waals surface area contributed by atoms with E-state index in [2.05, 4.69) is 36.6 Å². The van der Waals surface area contributed by atoms with E-state index in [0.29, 0.717) is 42.1 Å². The molecular weight excluding hydrogens is 550 g/mol. The van der Waals surface area contributed by atoms with Gasteiger partial charge in [-0.3, -0.25) is 4.79 Å². The summed E-state index contributed by atoms with van der Waals surface area (Å²) in [5.41, 5.74) is 4.00. The molecule has 0 aliphatic carbocycles. The number of amides is 2. The SMILES string of the molecule is CCNCc1ccc(C(=O)N2CCC[C@@H]([C@@](O)(CCCNC(=O)O)c3cccc(Cl)c3-c3cccc(CC)c3)C2)cc1. The zero-order chi connectivity index (χ0) is 30.1. The third-order valence-electron chi connectivity index (χ3n) is 8.28. The van der Waals surface area contributed by atoms with Gasteiger partial charge >= 0.3 is 6.09 Å². The summed E-state index contributed by atoms with van der Waals surface area (Å²) < 4.78 is 0. The molecule has 3 aromatic rings. The summed E-state index contributed by atoms with van der Waals surface area (Å²) in [4.78, 5) is 26.6. The van der Waals surface area contributed by atoms with Crippen molar-refractivity contribution in [3.8, 4) is 11.1 Å². The van der Waals surface area contributed by atoms with Crippen molar-refractivity contribution in [2.24, 2.45) is 5.92 Å². The van der Waals surface area contributed by atoms with Crippen LogP contribution in [0, 0.1) is 5.92 Å². The third-order valence-corrected chi connectivity index (χ3v) is 8.59. The van der Waals surface area contributed by atoms with E-state index < -0.39 is 11.7 Å². The lowest BCUT2D eigenvalue weighted by Gasteiger charge is -2.44. The van der Waals surface area contributed by atoms with E-state index in [4.69, 9.17) is 16.7 Å². The van der Waals surface area contributed by atoms with Gasteiger partial charge in [0.25, 0.3) is 5.91 Å². The molecule has 0 spiro atoms. The van der Waals surface area contributed by atoms with Crippen molar-refractivity contribution in [1.82, 2.24) is 15.5 Å². The average molecular weight is 592 g/mol. The minimum absolute atomic E-state index is 0.0495. The highest BCUT2D eigenvalue weighted by Gasteiger charge is 2.43. The molecule has 0 radical (unpaired) electrons. The zero-order valence-electron chi connectivity index (χ0n) is 24.5. The van der Waals surface area contributed by atoms with Gasteiger partial charge < -0.3 is 25.7 Å². The molecule has 0 bridgehead atoms. The van der Waals surface area contributed by atoms with Gasteiger partial charge in [0.1, 0.15) is 0 Å². The van der Waals surface area contributed by atoms with Gasteiger partial charge in [-0.25, -0.2) is 4.79 Å². The predicted molar refractivity (Wildman–Crippen MR) is 168 cm³/mol. The number of nitrogens with one attached hydrogen (secondary N) is 2. The highest BCUT2D eigenvalue weighted by atomic mass is 35.5. The molecule has 2 amide bonds. The van der Waals surface area contributed by atoms with Crippen LogP contribution in [-0.2, 0) is 18.6 Å². The molecule has 1 heterocycles. The van der Waals surface area contributed by atoms with Crippen molar-refractivity contribution in [1.29, 1.82) is 0 Å². The Labute approximate surface area is 253 Å². The van der Waals surface area contributed by atoms with Crippen molar-refractivity contribution >= 4 is 23.6 Å². The number of benzene rings is 3. The first-order valence-electron chi connectivity index (χ1n) is 14.9. The number of rotatable bonds is 12. The van der Waals surface area contributed by atoms with Gasteiger partial charge in [-0.1, -0.05) is 74.0 Å². The summed E-state index contributed by atoms with van der Waals surface area (Å²) in [7, 11) is 0. The number of hydrogen-bond acceptors (Lipinski definition) is 4. The van der Waals surface area contributed by atoms with E-state index in [0.717, 1.165) is 49.0 Å². The number of piperidine rings is 1. The largest absolute Gasteiger partial charge is 0.465 e. The summed E-state index contributed by atoms with van der Waals surface area (Å²) in [6.07, 6.45) is 2.01. The van der Waals surface area contributed by atoms with Crippen LogP contribution in [0.1, 0.15) is 66.6 Å². The number of carbonyl (C=O) groups is 2. The molecule has 2 atom stereocenters. The smallest absolute Gasteiger partial charge is 0.404 e. The number of likely N-dealkylation sites (tertiary alicyclic amines) is 1. The molecule has 1 fully saturated rings. The van der Waals surface area contributed by atoms with Crippen LogP contribution in [0.5, 0.6) is 0 Å². The van der Waals surface area contributed by atoms with E-state index in [9.17, 15) is 14.7 Å². The van der Waals surface area contributed by atoms with Crippen molar-refractivity contribution in [2.45, 2.75) is 58.1 Å². The Balaban J connectivity index is 1.67. The number of hydrogen-bond donors (Lipinski definition) is 4. The van der Waals surface area contributed by atoms with Gasteiger partial charge in [0.05, 0.1) is 5.60 Å². The molecule has 3 aromatic carbocycles.